The predicted molar refractivity (Wildman–Crippen MR) is 114 cm³/mol. The van der Waals surface area contributed by atoms with Gasteiger partial charge in [0.1, 0.15) is 5.75 Å². The Morgan fingerprint density at radius 3 is 2.55 bits per heavy atom. The Labute approximate surface area is 174 Å². The first-order chi connectivity index (χ1) is 13.6. The van der Waals surface area contributed by atoms with Gasteiger partial charge in [0.25, 0.3) is 5.91 Å². The van der Waals surface area contributed by atoms with Crippen LogP contribution < -0.4 is 9.46 Å². The third-order valence-electron chi connectivity index (χ3n) is 5.73. The van der Waals surface area contributed by atoms with Crippen LogP contribution in [0.3, 0.4) is 0 Å². The molecule has 2 rings (SSSR count). The Bertz CT molecular complexity index is 823. The Hall–Kier alpha value is -1.64. The minimum atomic E-state index is -3.44. The van der Waals surface area contributed by atoms with Crippen molar-refractivity contribution in [2.75, 3.05) is 26.9 Å². The first kappa shape index (κ1) is 23.6. The molecule has 2 atom stereocenters. The van der Waals surface area contributed by atoms with Gasteiger partial charge in [-0.15, -0.1) is 0 Å². The minimum absolute atomic E-state index is 0.0901. The minimum Gasteiger partial charge on any atom is -0.483 e. The number of ether oxygens (including phenoxy) is 2. The summed E-state index contributed by atoms with van der Waals surface area (Å²) in [7, 11) is -1.89. The quantitative estimate of drug-likeness (QED) is 0.690. The predicted octanol–water partition coefficient (Wildman–Crippen LogP) is 2.32. The zero-order chi connectivity index (χ0) is 21.8. The van der Waals surface area contributed by atoms with Crippen molar-refractivity contribution in [3.8, 4) is 5.75 Å². The molecule has 1 aromatic carbocycles. The van der Waals surface area contributed by atoms with E-state index in [-0.39, 0.29) is 31.2 Å². The molecule has 1 aromatic rings. The van der Waals surface area contributed by atoms with Crippen LogP contribution >= 0.6 is 0 Å². The summed E-state index contributed by atoms with van der Waals surface area (Å²) in [5.41, 5.74) is 3.35. The van der Waals surface area contributed by atoms with Crippen LogP contribution in [0.15, 0.2) is 12.1 Å². The summed E-state index contributed by atoms with van der Waals surface area (Å²) in [5.74, 6) is 0.525. The Balaban J connectivity index is 2.12. The molecule has 0 bridgehead atoms. The van der Waals surface area contributed by atoms with Crippen LogP contribution in [-0.2, 0) is 19.6 Å². The van der Waals surface area contributed by atoms with Crippen molar-refractivity contribution in [2.24, 2.45) is 0 Å². The van der Waals surface area contributed by atoms with E-state index in [0.717, 1.165) is 17.5 Å². The molecular weight excluding hydrogens is 392 g/mol. The van der Waals surface area contributed by atoms with Gasteiger partial charge in [-0.3, -0.25) is 4.79 Å². The van der Waals surface area contributed by atoms with Crippen molar-refractivity contribution >= 4 is 15.9 Å². The lowest BCUT2D eigenvalue weighted by atomic mass is 9.97. The maximum absolute atomic E-state index is 12.9. The Morgan fingerprint density at radius 1 is 1.24 bits per heavy atom. The number of benzene rings is 1. The second kappa shape index (κ2) is 9.91. The van der Waals surface area contributed by atoms with Crippen LogP contribution in [0.1, 0.15) is 43.4 Å². The topological polar surface area (TPSA) is 84.9 Å². The van der Waals surface area contributed by atoms with E-state index in [0.29, 0.717) is 18.7 Å². The number of carbonyl (C=O) groups is 1. The first-order valence-corrected chi connectivity index (χ1v) is 11.6. The number of likely N-dealkylation sites (tertiary alicyclic amines) is 1. The summed E-state index contributed by atoms with van der Waals surface area (Å²) >= 11 is 0. The number of nitrogens with one attached hydrogen (secondary N) is 1. The van der Waals surface area contributed by atoms with Gasteiger partial charge in [0.05, 0.1) is 17.9 Å². The molecule has 164 valence electrons. The fraction of sp³-hybridized carbons (Fsp3) is 0.667. The first-order valence-electron chi connectivity index (χ1n) is 10.1. The maximum atomic E-state index is 12.9. The van der Waals surface area contributed by atoms with Crippen molar-refractivity contribution in [3.63, 3.8) is 0 Å². The summed E-state index contributed by atoms with van der Waals surface area (Å²) in [6.45, 7) is 10.1. The van der Waals surface area contributed by atoms with E-state index in [1.807, 2.05) is 32.9 Å². The number of hydrogen-bond acceptors (Lipinski definition) is 5. The fourth-order valence-electron chi connectivity index (χ4n) is 3.54. The van der Waals surface area contributed by atoms with Crippen molar-refractivity contribution in [3.05, 3.63) is 28.8 Å². The molecule has 29 heavy (non-hydrogen) atoms. The summed E-state index contributed by atoms with van der Waals surface area (Å²) in [6.07, 6.45) is 1.39. The van der Waals surface area contributed by atoms with Gasteiger partial charge in [-0.1, -0.05) is 6.07 Å². The van der Waals surface area contributed by atoms with Gasteiger partial charge >= 0.3 is 0 Å². The van der Waals surface area contributed by atoms with E-state index in [2.05, 4.69) is 4.72 Å². The lowest BCUT2D eigenvalue weighted by Crippen LogP contribution is -2.60. The van der Waals surface area contributed by atoms with Gasteiger partial charge in [-0.2, -0.15) is 0 Å². The number of aryl methyl sites for hydroxylation is 1. The number of hydrogen-bond donors (Lipinski definition) is 1. The van der Waals surface area contributed by atoms with E-state index >= 15 is 0 Å². The second-order valence-electron chi connectivity index (χ2n) is 7.99. The molecule has 1 unspecified atom stereocenters. The molecule has 1 heterocycles. The average Bonchev–Trinajstić information content (AvgIpc) is 2.66. The molecule has 1 amide bonds. The Morgan fingerprint density at radius 2 is 1.93 bits per heavy atom. The second-order valence-corrected chi connectivity index (χ2v) is 10.3. The summed E-state index contributed by atoms with van der Waals surface area (Å²) in [4.78, 5) is 14.6. The average molecular weight is 427 g/mol. The maximum Gasteiger partial charge on any atom is 0.260 e. The number of methoxy groups -OCH3 is 1. The van der Waals surface area contributed by atoms with Gasteiger partial charge < -0.3 is 14.4 Å². The number of piperidine rings is 1. The molecular formula is C21H34N2O5S. The third kappa shape index (κ3) is 5.71. The standard InChI is InChI=1S/C21H34N2O5S/c1-14(2)29(25,26)22-18-8-7-11-23(19(18)12-27-6)21(24)13-28-20-10-9-15(3)16(4)17(20)5/h9-10,14,18-19,22H,7-8,11-13H2,1-6H3/t18?,19-/m0/s1. The fourth-order valence-corrected chi connectivity index (χ4v) is 4.51. The van der Waals surface area contributed by atoms with Crippen LogP contribution in [-0.4, -0.2) is 63.4 Å². The summed E-state index contributed by atoms with van der Waals surface area (Å²) in [6, 6.07) is 3.13. The third-order valence-corrected chi connectivity index (χ3v) is 7.60. The number of amides is 1. The summed E-state index contributed by atoms with van der Waals surface area (Å²) < 4.78 is 38.6. The van der Waals surface area contributed by atoms with E-state index in [1.165, 1.54) is 5.56 Å². The number of sulfonamides is 1. The molecule has 8 heteroatoms. The van der Waals surface area contributed by atoms with Crippen molar-refractivity contribution in [1.82, 2.24) is 9.62 Å². The van der Waals surface area contributed by atoms with Crippen LogP contribution in [0.2, 0.25) is 0 Å². The highest BCUT2D eigenvalue weighted by Gasteiger charge is 2.37. The molecule has 1 fully saturated rings. The number of nitrogens with zero attached hydrogens (tertiary/aromatic N) is 1. The molecule has 1 saturated heterocycles. The van der Waals surface area contributed by atoms with Crippen LogP contribution in [0.5, 0.6) is 5.75 Å². The van der Waals surface area contributed by atoms with Gasteiger partial charge in [-0.05, 0) is 70.2 Å². The molecule has 1 aliphatic rings. The Kier molecular flexibility index (Phi) is 8.08. The zero-order valence-electron chi connectivity index (χ0n) is 18.3. The molecule has 7 nitrogen and oxygen atoms in total. The molecule has 0 aliphatic carbocycles. The van der Waals surface area contributed by atoms with Crippen LogP contribution in [0, 0.1) is 20.8 Å². The highest BCUT2D eigenvalue weighted by molar-refractivity contribution is 7.90. The molecule has 0 spiro atoms. The van der Waals surface area contributed by atoms with Crippen molar-refractivity contribution in [2.45, 2.75) is 64.8 Å². The van der Waals surface area contributed by atoms with Gasteiger partial charge in [-0.25, -0.2) is 13.1 Å². The molecule has 1 aliphatic heterocycles. The highest BCUT2D eigenvalue weighted by Crippen LogP contribution is 2.25. The van der Waals surface area contributed by atoms with E-state index in [4.69, 9.17) is 9.47 Å². The zero-order valence-corrected chi connectivity index (χ0v) is 19.1. The number of carbonyl (C=O) groups excluding carboxylic acids is 1. The van der Waals surface area contributed by atoms with E-state index < -0.39 is 15.3 Å². The normalized spacial score (nSPS) is 20.2. The lowest BCUT2D eigenvalue weighted by Gasteiger charge is -2.41. The molecule has 0 saturated carbocycles. The van der Waals surface area contributed by atoms with Crippen LogP contribution in [0.4, 0.5) is 0 Å². The highest BCUT2D eigenvalue weighted by atomic mass is 32.2. The van der Waals surface area contributed by atoms with Crippen molar-refractivity contribution in [1.29, 1.82) is 0 Å². The summed E-state index contributed by atoms with van der Waals surface area (Å²) in [5, 5.41) is -0.534. The largest absolute Gasteiger partial charge is 0.483 e. The molecule has 1 N–H and O–H groups in total. The van der Waals surface area contributed by atoms with Gasteiger partial charge in [0, 0.05) is 19.7 Å². The van der Waals surface area contributed by atoms with Gasteiger partial charge in [0.15, 0.2) is 6.61 Å². The van der Waals surface area contributed by atoms with Crippen LogP contribution in [0.25, 0.3) is 0 Å². The van der Waals surface area contributed by atoms with Crippen molar-refractivity contribution < 1.29 is 22.7 Å². The van der Waals surface area contributed by atoms with E-state index in [9.17, 15) is 13.2 Å². The monoisotopic (exact) mass is 426 g/mol. The molecule has 0 aromatic heterocycles. The smallest absolute Gasteiger partial charge is 0.260 e. The lowest BCUT2D eigenvalue weighted by molar-refractivity contribution is -0.139. The van der Waals surface area contributed by atoms with Gasteiger partial charge in [0.2, 0.25) is 10.0 Å². The van der Waals surface area contributed by atoms with E-state index in [1.54, 1.807) is 25.9 Å². The number of rotatable bonds is 8. The SMILES string of the molecule is COC[C@H]1C(NS(=O)(=O)C(C)C)CCCN1C(=O)COc1ccc(C)c(C)c1C. The molecule has 0 radical (unpaired) electrons.